The smallest absolute Gasteiger partial charge is 0.147 e. The van der Waals surface area contributed by atoms with Crippen LogP contribution in [0.15, 0.2) is 0 Å². The summed E-state index contributed by atoms with van der Waals surface area (Å²) in [5.41, 5.74) is 0. The van der Waals surface area contributed by atoms with Crippen LogP contribution < -0.4 is 0 Å². The van der Waals surface area contributed by atoms with Gasteiger partial charge in [-0.25, -0.2) is 8.42 Å². The lowest BCUT2D eigenvalue weighted by Gasteiger charge is -2.23. The van der Waals surface area contributed by atoms with Gasteiger partial charge in [-0.3, -0.25) is 0 Å². The number of nitrogens with zero attached hydrogens (tertiary/aromatic N) is 1. The molecule has 5 heteroatoms. The molecule has 1 saturated heterocycles. The Bertz CT molecular complexity index is 292. The maximum absolute atomic E-state index is 11.0. The summed E-state index contributed by atoms with van der Waals surface area (Å²) in [7, 11) is -2.80. The third kappa shape index (κ3) is 5.51. The zero-order chi connectivity index (χ0) is 12.0. The number of hydrogen-bond acceptors (Lipinski definition) is 3. The van der Waals surface area contributed by atoms with Gasteiger partial charge in [-0.2, -0.15) is 0 Å². The Kier molecular flexibility index (Phi) is 6.08. The lowest BCUT2D eigenvalue weighted by atomic mass is 10.1. The van der Waals surface area contributed by atoms with Gasteiger partial charge in [0.2, 0.25) is 0 Å². The maximum atomic E-state index is 11.0. The zero-order valence-electron chi connectivity index (χ0n) is 9.99. The Labute approximate surface area is 104 Å². The highest BCUT2D eigenvalue weighted by atomic mass is 35.5. The Morgan fingerprint density at radius 2 is 2.12 bits per heavy atom. The number of likely N-dealkylation sites (tertiary alicyclic amines) is 1. The van der Waals surface area contributed by atoms with Gasteiger partial charge in [0.1, 0.15) is 9.84 Å². The average molecular weight is 268 g/mol. The fraction of sp³-hybridized carbons (Fsp3) is 1.00. The largest absolute Gasteiger partial charge is 0.300 e. The van der Waals surface area contributed by atoms with Gasteiger partial charge in [-0.15, -0.1) is 11.6 Å². The zero-order valence-corrected chi connectivity index (χ0v) is 11.6. The third-order valence-electron chi connectivity index (χ3n) is 3.13. The third-order valence-corrected chi connectivity index (χ3v) is 4.43. The minimum absolute atomic E-state index is 0.311. The van der Waals surface area contributed by atoms with Crippen molar-refractivity contribution in [2.45, 2.75) is 38.1 Å². The van der Waals surface area contributed by atoms with Crippen LogP contribution >= 0.6 is 11.6 Å². The van der Waals surface area contributed by atoms with Crippen molar-refractivity contribution in [3.8, 4) is 0 Å². The molecule has 16 heavy (non-hydrogen) atoms. The minimum atomic E-state index is -2.80. The molecule has 0 aromatic rings. The van der Waals surface area contributed by atoms with Crippen molar-refractivity contribution < 1.29 is 8.42 Å². The molecule has 0 N–H and O–H groups in total. The van der Waals surface area contributed by atoms with Crippen molar-refractivity contribution >= 4 is 21.4 Å². The van der Waals surface area contributed by atoms with Crippen molar-refractivity contribution in [2.75, 3.05) is 31.0 Å². The van der Waals surface area contributed by atoms with E-state index < -0.39 is 9.84 Å². The van der Waals surface area contributed by atoms with Crippen molar-refractivity contribution in [1.82, 2.24) is 4.90 Å². The van der Waals surface area contributed by atoms with Gasteiger partial charge in [0.15, 0.2) is 0 Å². The first-order valence-electron chi connectivity index (χ1n) is 6.00. The minimum Gasteiger partial charge on any atom is -0.300 e. The molecule has 1 fully saturated rings. The van der Waals surface area contributed by atoms with E-state index in [-0.39, 0.29) is 0 Å². The summed E-state index contributed by atoms with van der Waals surface area (Å²) < 4.78 is 22.0. The summed E-state index contributed by atoms with van der Waals surface area (Å²) >= 11 is 5.69. The molecule has 0 saturated carbocycles. The van der Waals surface area contributed by atoms with E-state index in [1.165, 1.54) is 19.1 Å². The van der Waals surface area contributed by atoms with Gasteiger partial charge >= 0.3 is 0 Å². The normalized spacial score (nSPS) is 22.8. The van der Waals surface area contributed by atoms with Crippen LogP contribution in [0.25, 0.3) is 0 Å². The van der Waals surface area contributed by atoms with Crippen LogP contribution in [0.1, 0.15) is 32.1 Å². The molecule has 1 unspecified atom stereocenters. The molecular formula is C11H22ClNO2S. The van der Waals surface area contributed by atoms with Gasteiger partial charge in [-0.1, -0.05) is 0 Å². The first kappa shape index (κ1) is 14.3. The Hall–Kier alpha value is 0.200. The van der Waals surface area contributed by atoms with Crippen LogP contribution in [0.4, 0.5) is 0 Å². The number of halogens is 1. The van der Waals surface area contributed by atoms with Gasteiger partial charge in [0.05, 0.1) is 5.75 Å². The second kappa shape index (κ2) is 6.82. The van der Waals surface area contributed by atoms with Gasteiger partial charge < -0.3 is 4.90 Å². The number of sulfone groups is 1. The highest BCUT2D eigenvalue weighted by Gasteiger charge is 2.23. The van der Waals surface area contributed by atoms with E-state index in [4.69, 9.17) is 11.6 Å². The molecule has 0 spiro atoms. The summed E-state index contributed by atoms with van der Waals surface area (Å²) in [6.45, 7) is 2.04. The molecular weight excluding hydrogens is 246 g/mol. The lowest BCUT2D eigenvalue weighted by molar-refractivity contribution is 0.243. The molecule has 0 aromatic carbocycles. The van der Waals surface area contributed by atoms with Crippen LogP contribution in [0.5, 0.6) is 0 Å². The fourth-order valence-electron chi connectivity index (χ4n) is 2.36. The second-order valence-electron chi connectivity index (χ2n) is 4.65. The second-order valence-corrected chi connectivity index (χ2v) is 7.28. The molecule has 1 heterocycles. The molecule has 1 rings (SSSR count). The van der Waals surface area contributed by atoms with Crippen LogP contribution in [0.2, 0.25) is 0 Å². The topological polar surface area (TPSA) is 37.4 Å². The van der Waals surface area contributed by atoms with Crippen LogP contribution in [0.3, 0.4) is 0 Å². The van der Waals surface area contributed by atoms with Crippen molar-refractivity contribution in [2.24, 2.45) is 0 Å². The molecule has 3 nitrogen and oxygen atoms in total. The molecule has 1 aliphatic heterocycles. The van der Waals surface area contributed by atoms with E-state index in [0.717, 1.165) is 38.2 Å². The molecule has 0 radical (unpaired) electrons. The van der Waals surface area contributed by atoms with E-state index in [0.29, 0.717) is 11.8 Å². The molecule has 0 aromatic heterocycles. The predicted octanol–water partition coefficient (Wildman–Crippen LogP) is 1.90. The summed E-state index contributed by atoms with van der Waals surface area (Å²) in [6.07, 6.45) is 6.77. The molecule has 0 amide bonds. The molecule has 0 bridgehead atoms. The Morgan fingerprint density at radius 1 is 1.38 bits per heavy atom. The van der Waals surface area contributed by atoms with Crippen molar-refractivity contribution in [1.29, 1.82) is 0 Å². The van der Waals surface area contributed by atoms with E-state index in [1.807, 2.05) is 0 Å². The van der Waals surface area contributed by atoms with Crippen molar-refractivity contribution in [3.05, 3.63) is 0 Å². The fourth-order valence-corrected chi connectivity index (χ4v) is 3.17. The highest BCUT2D eigenvalue weighted by Crippen LogP contribution is 2.21. The van der Waals surface area contributed by atoms with Gasteiger partial charge in [-0.05, 0) is 45.2 Å². The van der Waals surface area contributed by atoms with E-state index in [2.05, 4.69) is 4.90 Å². The monoisotopic (exact) mass is 267 g/mol. The predicted molar refractivity (Wildman–Crippen MR) is 68.9 cm³/mol. The first-order chi connectivity index (χ1) is 7.53. The standard InChI is InChI=1S/C11H22ClNO2S/c1-16(14,15)10-4-9-13-8-3-6-11(13)5-2-7-12/h11H,2-10H2,1H3. The van der Waals surface area contributed by atoms with E-state index >= 15 is 0 Å². The summed E-state index contributed by atoms with van der Waals surface area (Å²) in [5.74, 6) is 1.04. The number of alkyl halides is 1. The Morgan fingerprint density at radius 3 is 2.75 bits per heavy atom. The summed E-state index contributed by atoms with van der Waals surface area (Å²) in [4.78, 5) is 2.43. The highest BCUT2D eigenvalue weighted by molar-refractivity contribution is 7.90. The van der Waals surface area contributed by atoms with Crippen LogP contribution in [-0.2, 0) is 9.84 Å². The Balaban J connectivity index is 2.24. The van der Waals surface area contributed by atoms with Crippen LogP contribution in [0, 0.1) is 0 Å². The number of rotatable bonds is 7. The van der Waals surface area contributed by atoms with Gasteiger partial charge in [0.25, 0.3) is 0 Å². The molecule has 1 atom stereocenters. The maximum Gasteiger partial charge on any atom is 0.147 e. The lowest BCUT2D eigenvalue weighted by Crippen LogP contribution is -2.31. The average Bonchev–Trinajstić information content (AvgIpc) is 2.60. The summed E-state index contributed by atoms with van der Waals surface area (Å²) in [5, 5.41) is 0. The van der Waals surface area contributed by atoms with Gasteiger partial charge in [0, 0.05) is 18.2 Å². The first-order valence-corrected chi connectivity index (χ1v) is 8.60. The molecule has 1 aliphatic rings. The van der Waals surface area contributed by atoms with E-state index in [9.17, 15) is 8.42 Å². The van der Waals surface area contributed by atoms with Crippen molar-refractivity contribution in [3.63, 3.8) is 0 Å². The van der Waals surface area contributed by atoms with Crippen LogP contribution in [-0.4, -0.2) is 50.3 Å². The molecule has 0 aliphatic carbocycles. The summed E-state index contributed by atoms with van der Waals surface area (Å²) in [6, 6.07) is 0.637. The SMILES string of the molecule is CS(=O)(=O)CCCN1CCCC1CCCCl. The number of hydrogen-bond donors (Lipinski definition) is 0. The van der Waals surface area contributed by atoms with E-state index in [1.54, 1.807) is 0 Å². The molecule has 96 valence electrons. The quantitative estimate of drug-likeness (QED) is 0.662.